The van der Waals surface area contributed by atoms with Crippen molar-refractivity contribution in [3.63, 3.8) is 0 Å². The molecule has 2 nitrogen and oxygen atoms in total. The lowest BCUT2D eigenvalue weighted by molar-refractivity contribution is 0.327. The Morgan fingerprint density at radius 1 is 1.57 bits per heavy atom. The highest BCUT2D eigenvalue weighted by Crippen LogP contribution is 2.22. The number of ether oxygens (including phenoxy) is 1. The fraction of sp³-hybridized carbons (Fsp3) is 0.300. The maximum atomic E-state index is 5.53. The van der Waals surface area contributed by atoms with Crippen molar-refractivity contribution in [1.82, 2.24) is 0 Å². The lowest BCUT2D eigenvalue weighted by Crippen LogP contribution is -2.12. The second-order valence-corrected chi connectivity index (χ2v) is 4.41. The summed E-state index contributed by atoms with van der Waals surface area (Å²) in [4.78, 5) is 0.484. The monoisotopic (exact) mass is 273 g/mol. The largest absolute Gasteiger partial charge is 0.493 e. The van der Waals surface area contributed by atoms with E-state index in [0.717, 1.165) is 15.8 Å². The van der Waals surface area contributed by atoms with Gasteiger partial charge in [0.2, 0.25) is 0 Å². The van der Waals surface area contributed by atoms with Crippen LogP contribution in [0.15, 0.2) is 22.7 Å². The van der Waals surface area contributed by atoms with Gasteiger partial charge in [0.15, 0.2) is 0 Å². The Morgan fingerprint density at radius 3 is 2.93 bits per heavy atom. The fourth-order valence-electron chi connectivity index (χ4n) is 0.991. The Labute approximate surface area is 97.6 Å². The van der Waals surface area contributed by atoms with E-state index in [1.165, 1.54) is 0 Å². The molecule has 2 N–H and O–H groups in total. The third kappa shape index (κ3) is 3.64. The van der Waals surface area contributed by atoms with Gasteiger partial charge in [-0.25, -0.2) is 0 Å². The first-order valence-electron chi connectivity index (χ1n) is 4.27. The van der Waals surface area contributed by atoms with Crippen molar-refractivity contribution in [3.8, 4) is 5.75 Å². The number of hydrogen-bond acceptors (Lipinski definition) is 2. The first kappa shape index (κ1) is 11.5. The molecule has 0 aliphatic heterocycles. The van der Waals surface area contributed by atoms with E-state index in [4.69, 9.17) is 22.7 Å². The van der Waals surface area contributed by atoms with E-state index < -0.39 is 0 Å². The molecule has 0 fully saturated rings. The van der Waals surface area contributed by atoms with E-state index in [1.807, 2.05) is 25.1 Å². The molecule has 76 valence electrons. The molecule has 0 aromatic heterocycles. The SMILES string of the molecule is Cc1ccc(Br)cc1OCCC(N)=S. The van der Waals surface area contributed by atoms with Crippen LogP contribution >= 0.6 is 28.1 Å². The number of benzene rings is 1. The van der Waals surface area contributed by atoms with E-state index in [9.17, 15) is 0 Å². The fourth-order valence-corrected chi connectivity index (χ4v) is 1.41. The predicted molar refractivity (Wildman–Crippen MR) is 65.8 cm³/mol. The number of thiocarbonyl (C=S) groups is 1. The molecule has 0 radical (unpaired) electrons. The highest BCUT2D eigenvalue weighted by atomic mass is 79.9. The average Bonchev–Trinajstić information content (AvgIpc) is 2.10. The number of nitrogens with two attached hydrogens (primary N) is 1. The van der Waals surface area contributed by atoms with Crippen molar-refractivity contribution < 1.29 is 4.74 Å². The molecule has 0 aliphatic carbocycles. The van der Waals surface area contributed by atoms with Crippen LogP contribution in [0.1, 0.15) is 12.0 Å². The standard InChI is InChI=1S/C10H12BrNOS/c1-7-2-3-8(11)6-9(7)13-5-4-10(12)14/h2-3,6H,4-5H2,1H3,(H2,12,14). The minimum Gasteiger partial charge on any atom is -0.493 e. The summed E-state index contributed by atoms with van der Waals surface area (Å²) in [6.07, 6.45) is 0.612. The number of rotatable bonds is 4. The number of halogens is 1. The van der Waals surface area contributed by atoms with Gasteiger partial charge in [0.1, 0.15) is 5.75 Å². The molecule has 0 amide bonds. The molecular weight excluding hydrogens is 262 g/mol. The maximum absolute atomic E-state index is 5.53. The molecule has 1 aromatic rings. The van der Waals surface area contributed by atoms with Gasteiger partial charge in [0.05, 0.1) is 11.6 Å². The topological polar surface area (TPSA) is 35.2 Å². The summed E-state index contributed by atoms with van der Waals surface area (Å²) in [5.74, 6) is 0.871. The Hall–Kier alpha value is -0.610. The molecule has 14 heavy (non-hydrogen) atoms. The molecule has 0 aliphatic rings. The highest BCUT2D eigenvalue weighted by Gasteiger charge is 2.00. The number of hydrogen-bond donors (Lipinski definition) is 1. The minimum absolute atomic E-state index is 0.484. The van der Waals surface area contributed by atoms with Crippen LogP contribution in [0.3, 0.4) is 0 Å². The lowest BCUT2D eigenvalue weighted by atomic mass is 10.2. The summed E-state index contributed by atoms with van der Waals surface area (Å²) in [6.45, 7) is 2.54. The number of aryl methyl sites for hydroxylation is 1. The van der Waals surface area contributed by atoms with E-state index in [-0.39, 0.29) is 0 Å². The van der Waals surface area contributed by atoms with Crippen LogP contribution in [0, 0.1) is 6.92 Å². The van der Waals surface area contributed by atoms with Gasteiger partial charge in [-0.15, -0.1) is 0 Å². The third-order valence-corrected chi connectivity index (χ3v) is 2.45. The summed E-state index contributed by atoms with van der Waals surface area (Å²) in [7, 11) is 0. The van der Waals surface area contributed by atoms with Crippen molar-refractivity contribution in [1.29, 1.82) is 0 Å². The van der Waals surface area contributed by atoms with Crippen molar-refractivity contribution in [3.05, 3.63) is 28.2 Å². The van der Waals surface area contributed by atoms with Crippen LogP contribution in [-0.2, 0) is 0 Å². The van der Waals surface area contributed by atoms with E-state index >= 15 is 0 Å². The lowest BCUT2D eigenvalue weighted by Gasteiger charge is -2.08. The van der Waals surface area contributed by atoms with Gasteiger partial charge in [-0.3, -0.25) is 0 Å². The first-order valence-corrected chi connectivity index (χ1v) is 5.47. The summed E-state index contributed by atoms with van der Waals surface area (Å²) in [5, 5.41) is 0. The van der Waals surface area contributed by atoms with Gasteiger partial charge in [0.25, 0.3) is 0 Å². The molecule has 4 heteroatoms. The summed E-state index contributed by atoms with van der Waals surface area (Å²) in [5.41, 5.74) is 6.47. The van der Waals surface area contributed by atoms with Gasteiger partial charge in [-0.1, -0.05) is 34.2 Å². The highest BCUT2D eigenvalue weighted by molar-refractivity contribution is 9.10. The van der Waals surface area contributed by atoms with Gasteiger partial charge in [-0.05, 0) is 24.6 Å². The smallest absolute Gasteiger partial charge is 0.123 e. The van der Waals surface area contributed by atoms with Crippen molar-refractivity contribution in [2.45, 2.75) is 13.3 Å². The zero-order chi connectivity index (χ0) is 10.6. The Balaban J connectivity index is 2.57. The van der Waals surface area contributed by atoms with Crippen LogP contribution in [0.4, 0.5) is 0 Å². The molecule has 0 spiro atoms. The zero-order valence-corrected chi connectivity index (χ0v) is 10.3. The predicted octanol–water partition coefficient (Wildman–Crippen LogP) is 2.81. The Kier molecular flexibility index (Phi) is 4.35. The average molecular weight is 274 g/mol. The molecule has 1 aromatic carbocycles. The van der Waals surface area contributed by atoms with Gasteiger partial charge in [-0.2, -0.15) is 0 Å². The molecule has 0 saturated heterocycles. The summed E-state index contributed by atoms with van der Waals surface area (Å²) >= 11 is 8.14. The molecule has 0 heterocycles. The van der Waals surface area contributed by atoms with E-state index in [2.05, 4.69) is 15.9 Å². The normalized spacial score (nSPS) is 9.86. The van der Waals surface area contributed by atoms with E-state index in [0.29, 0.717) is 18.0 Å². The maximum Gasteiger partial charge on any atom is 0.123 e. The second-order valence-electron chi connectivity index (χ2n) is 2.97. The molecular formula is C10H12BrNOS. The second kappa shape index (κ2) is 5.32. The molecule has 0 bridgehead atoms. The first-order chi connectivity index (χ1) is 6.59. The van der Waals surface area contributed by atoms with Crippen LogP contribution < -0.4 is 10.5 Å². The molecule has 0 atom stereocenters. The quantitative estimate of drug-likeness (QED) is 0.857. The Morgan fingerprint density at radius 2 is 2.29 bits per heavy atom. The van der Waals surface area contributed by atoms with Crippen LogP contribution in [0.5, 0.6) is 5.75 Å². The van der Waals surface area contributed by atoms with Crippen molar-refractivity contribution in [2.75, 3.05) is 6.61 Å². The molecule has 0 unspecified atom stereocenters. The third-order valence-electron chi connectivity index (χ3n) is 1.76. The molecule has 1 rings (SSSR count). The zero-order valence-electron chi connectivity index (χ0n) is 7.92. The van der Waals surface area contributed by atoms with E-state index in [1.54, 1.807) is 0 Å². The van der Waals surface area contributed by atoms with Crippen molar-refractivity contribution >= 4 is 33.1 Å². The molecule has 0 saturated carbocycles. The van der Waals surface area contributed by atoms with Crippen LogP contribution in [0.2, 0.25) is 0 Å². The summed E-state index contributed by atoms with van der Waals surface area (Å²) < 4.78 is 6.54. The van der Waals surface area contributed by atoms with Crippen molar-refractivity contribution in [2.24, 2.45) is 5.73 Å². The van der Waals surface area contributed by atoms with Gasteiger partial charge < -0.3 is 10.5 Å². The van der Waals surface area contributed by atoms with Crippen LogP contribution in [-0.4, -0.2) is 11.6 Å². The minimum atomic E-state index is 0.484. The Bertz CT molecular complexity index is 341. The van der Waals surface area contributed by atoms with Gasteiger partial charge in [0, 0.05) is 10.9 Å². The summed E-state index contributed by atoms with van der Waals surface area (Å²) in [6, 6.07) is 5.92. The van der Waals surface area contributed by atoms with Crippen LogP contribution in [0.25, 0.3) is 0 Å². The van der Waals surface area contributed by atoms with Gasteiger partial charge >= 0.3 is 0 Å².